The fraction of sp³-hybridized carbons (Fsp3) is 0.462. The van der Waals surface area contributed by atoms with Crippen LogP contribution in [-0.2, 0) is 10.0 Å². The lowest BCUT2D eigenvalue weighted by Crippen LogP contribution is -2.46. The Labute approximate surface area is 141 Å². The number of nitrogens with zero attached hydrogens (tertiary/aromatic N) is 1. The SMILES string of the molecule is CS(=O)(=O)N1CCC(NC(=O)c2ccc(N)cc2Cl)CC1.Cl. The van der Waals surface area contributed by atoms with Crippen molar-refractivity contribution in [1.82, 2.24) is 9.62 Å². The highest BCUT2D eigenvalue weighted by atomic mass is 35.5. The molecule has 0 atom stereocenters. The van der Waals surface area contributed by atoms with E-state index in [4.69, 9.17) is 17.3 Å². The van der Waals surface area contributed by atoms with Crippen LogP contribution in [-0.4, -0.2) is 44.0 Å². The van der Waals surface area contributed by atoms with E-state index in [1.54, 1.807) is 12.1 Å². The number of hydrogen-bond donors (Lipinski definition) is 2. The molecule has 1 fully saturated rings. The summed E-state index contributed by atoms with van der Waals surface area (Å²) >= 11 is 6.00. The topological polar surface area (TPSA) is 92.5 Å². The molecule has 0 aromatic heterocycles. The fourth-order valence-electron chi connectivity index (χ4n) is 2.31. The van der Waals surface area contributed by atoms with Gasteiger partial charge in [0.1, 0.15) is 0 Å². The number of halogens is 2. The number of anilines is 1. The van der Waals surface area contributed by atoms with E-state index in [9.17, 15) is 13.2 Å². The minimum absolute atomic E-state index is 0. The first-order chi connectivity index (χ1) is 9.77. The van der Waals surface area contributed by atoms with Gasteiger partial charge in [0.05, 0.1) is 16.8 Å². The number of sulfonamides is 1. The Morgan fingerprint density at radius 2 is 1.95 bits per heavy atom. The van der Waals surface area contributed by atoms with Gasteiger partial charge in [0.2, 0.25) is 10.0 Å². The van der Waals surface area contributed by atoms with Crippen LogP contribution in [0.2, 0.25) is 5.02 Å². The summed E-state index contributed by atoms with van der Waals surface area (Å²) in [7, 11) is -3.16. The molecule has 1 saturated heterocycles. The van der Waals surface area contributed by atoms with Crippen molar-refractivity contribution in [3.63, 3.8) is 0 Å². The van der Waals surface area contributed by atoms with E-state index in [0.29, 0.717) is 42.2 Å². The first kappa shape index (κ1) is 19.0. The van der Waals surface area contributed by atoms with Crippen LogP contribution in [0.4, 0.5) is 5.69 Å². The van der Waals surface area contributed by atoms with E-state index in [0.717, 1.165) is 0 Å². The first-order valence-corrected chi connectivity index (χ1v) is 8.81. The number of piperidine rings is 1. The van der Waals surface area contributed by atoms with E-state index < -0.39 is 10.0 Å². The molecule has 3 N–H and O–H groups in total. The van der Waals surface area contributed by atoms with Gasteiger partial charge in [-0.1, -0.05) is 11.6 Å². The highest BCUT2D eigenvalue weighted by Gasteiger charge is 2.26. The maximum atomic E-state index is 12.2. The molecule has 0 unspecified atom stereocenters. The monoisotopic (exact) mass is 367 g/mol. The molecule has 1 aromatic rings. The van der Waals surface area contributed by atoms with Gasteiger partial charge in [-0.3, -0.25) is 4.79 Å². The molecule has 0 aliphatic carbocycles. The maximum absolute atomic E-state index is 12.2. The zero-order valence-electron chi connectivity index (χ0n) is 12.1. The van der Waals surface area contributed by atoms with Crippen LogP contribution in [0.1, 0.15) is 23.2 Å². The summed E-state index contributed by atoms with van der Waals surface area (Å²) in [6.07, 6.45) is 2.37. The predicted molar refractivity (Wildman–Crippen MR) is 90.0 cm³/mol. The average Bonchev–Trinajstić information content (AvgIpc) is 2.38. The smallest absolute Gasteiger partial charge is 0.253 e. The molecule has 0 bridgehead atoms. The normalized spacial score (nSPS) is 16.8. The van der Waals surface area contributed by atoms with Gasteiger partial charge >= 0.3 is 0 Å². The number of nitrogen functional groups attached to an aromatic ring is 1. The zero-order valence-corrected chi connectivity index (χ0v) is 14.5. The van der Waals surface area contributed by atoms with Crippen LogP contribution in [0.15, 0.2) is 18.2 Å². The van der Waals surface area contributed by atoms with Crippen molar-refractivity contribution in [3.8, 4) is 0 Å². The Bertz CT molecular complexity index is 644. The van der Waals surface area contributed by atoms with Crippen molar-refractivity contribution in [2.24, 2.45) is 0 Å². The second-order valence-corrected chi connectivity index (χ2v) is 7.54. The van der Waals surface area contributed by atoms with Crippen LogP contribution in [0.25, 0.3) is 0 Å². The molecule has 124 valence electrons. The molecule has 1 aromatic carbocycles. The Morgan fingerprint density at radius 1 is 1.36 bits per heavy atom. The third kappa shape index (κ3) is 4.74. The van der Waals surface area contributed by atoms with E-state index in [1.165, 1.54) is 16.6 Å². The fourth-order valence-corrected chi connectivity index (χ4v) is 3.46. The molecule has 0 radical (unpaired) electrons. The summed E-state index contributed by atoms with van der Waals surface area (Å²) in [6.45, 7) is 0.832. The lowest BCUT2D eigenvalue weighted by molar-refractivity contribution is 0.0924. The Kier molecular flexibility index (Phi) is 6.49. The second kappa shape index (κ2) is 7.50. The van der Waals surface area contributed by atoms with Crippen LogP contribution in [0.5, 0.6) is 0 Å². The van der Waals surface area contributed by atoms with Gasteiger partial charge in [0.15, 0.2) is 0 Å². The van der Waals surface area contributed by atoms with Gasteiger partial charge in [0.25, 0.3) is 5.91 Å². The first-order valence-electron chi connectivity index (χ1n) is 6.58. The number of nitrogens with two attached hydrogens (primary N) is 1. The Morgan fingerprint density at radius 3 is 2.45 bits per heavy atom. The molecule has 0 spiro atoms. The zero-order chi connectivity index (χ0) is 15.6. The van der Waals surface area contributed by atoms with E-state index in [2.05, 4.69) is 5.32 Å². The van der Waals surface area contributed by atoms with E-state index in [1.807, 2.05) is 0 Å². The summed E-state index contributed by atoms with van der Waals surface area (Å²) in [5.74, 6) is -0.266. The minimum Gasteiger partial charge on any atom is -0.399 e. The Hall–Kier alpha value is -1.02. The minimum atomic E-state index is -3.16. The quantitative estimate of drug-likeness (QED) is 0.791. The van der Waals surface area contributed by atoms with Crippen LogP contribution >= 0.6 is 24.0 Å². The van der Waals surface area contributed by atoms with Gasteiger partial charge in [-0.15, -0.1) is 12.4 Å². The molecule has 1 aliphatic heterocycles. The van der Waals surface area contributed by atoms with Gasteiger partial charge in [0, 0.05) is 24.8 Å². The van der Waals surface area contributed by atoms with Crippen molar-refractivity contribution in [1.29, 1.82) is 0 Å². The lowest BCUT2D eigenvalue weighted by Gasteiger charge is -2.30. The van der Waals surface area contributed by atoms with Gasteiger partial charge in [-0.05, 0) is 31.0 Å². The molecule has 2 rings (SSSR count). The molecule has 1 amide bonds. The Balaban J connectivity index is 0.00000242. The van der Waals surface area contributed by atoms with Gasteiger partial charge in [-0.25, -0.2) is 12.7 Å². The predicted octanol–water partition coefficient (Wildman–Crippen LogP) is 1.50. The molecular weight excluding hydrogens is 349 g/mol. The highest BCUT2D eigenvalue weighted by molar-refractivity contribution is 7.88. The van der Waals surface area contributed by atoms with Crippen LogP contribution < -0.4 is 11.1 Å². The van der Waals surface area contributed by atoms with E-state index in [-0.39, 0.29) is 24.4 Å². The summed E-state index contributed by atoms with van der Waals surface area (Å²) in [5, 5.41) is 3.19. The second-order valence-electron chi connectivity index (χ2n) is 5.15. The lowest BCUT2D eigenvalue weighted by atomic mass is 10.1. The standard InChI is InChI=1S/C13H18ClN3O3S.ClH/c1-21(19,20)17-6-4-10(5-7-17)16-13(18)11-3-2-9(15)8-12(11)14;/h2-3,8,10H,4-7,15H2,1H3,(H,16,18);1H. The van der Waals surface area contributed by atoms with Crippen LogP contribution in [0.3, 0.4) is 0 Å². The third-order valence-electron chi connectivity index (χ3n) is 3.50. The largest absolute Gasteiger partial charge is 0.399 e. The molecule has 22 heavy (non-hydrogen) atoms. The summed E-state index contributed by atoms with van der Waals surface area (Å²) < 4.78 is 24.3. The average molecular weight is 368 g/mol. The molecule has 6 nitrogen and oxygen atoms in total. The maximum Gasteiger partial charge on any atom is 0.253 e. The van der Waals surface area contributed by atoms with Crippen molar-refractivity contribution in [3.05, 3.63) is 28.8 Å². The van der Waals surface area contributed by atoms with Crippen molar-refractivity contribution in [2.75, 3.05) is 25.1 Å². The number of amides is 1. The third-order valence-corrected chi connectivity index (χ3v) is 5.11. The number of carbonyl (C=O) groups is 1. The summed E-state index contributed by atoms with van der Waals surface area (Å²) in [4.78, 5) is 12.2. The number of benzene rings is 1. The van der Waals surface area contributed by atoms with Crippen LogP contribution in [0, 0.1) is 0 Å². The number of nitrogens with one attached hydrogen (secondary N) is 1. The van der Waals surface area contributed by atoms with Crippen molar-refractivity contribution in [2.45, 2.75) is 18.9 Å². The highest BCUT2D eigenvalue weighted by Crippen LogP contribution is 2.20. The van der Waals surface area contributed by atoms with Gasteiger partial charge < -0.3 is 11.1 Å². The van der Waals surface area contributed by atoms with Crippen molar-refractivity contribution >= 4 is 45.6 Å². The molecular formula is C13H19Cl2N3O3S. The van der Waals surface area contributed by atoms with Crippen molar-refractivity contribution < 1.29 is 13.2 Å². The number of hydrogen-bond acceptors (Lipinski definition) is 4. The number of rotatable bonds is 3. The molecule has 1 aliphatic rings. The molecule has 1 heterocycles. The van der Waals surface area contributed by atoms with Gasteiger partial charge in [-0.2, -0.15) is 0 Å². The molecule has 9 heteroatoms. The summed E-state index contributed by atoms with van der Waals surface area (Å²) in [6, 6.07) is 4.68. The molecule has 0 saturated carbocycles. The number of carbonyl (C=O) groups excluding carboxylic acids is 1. The summed E-state index contributed by atoms with van der Waals surface area (Å²) in [5.41, 5.74) is 6.46. The van der Waals surface area contributed by atoms with E-state index >= 15 is 0 Å².